The van der Waals surface area contributed by atoms with Crippen LogP contribution in [-0.4, -0.2) is 16.3 Å². The first-order chi connectivity index (χ1) is 10.4. The Morgan fingerprint density at radius 1 is 1.05 bits per heavy atom. The van der Waals surface area contributed by atoms with Crippen LogP contribution >= 0.6 is 0 Å². The molecule has 2 atom stereocenters. The van der Waals surface area contributed by atoms with Gasteiger partial charge in [-0.3, -0.25) is 0 Å². The Morgan fingerprint density at radius 3 is 2.41 bits per heavy atom. The van der Waals surface area contributed by atoms with Gasteiger partial charge in [0.25, 0.3) is 0 Å². The van der Waals surface area contributed by atoms with Crippen molar-refractivity contribution in [2.24, 2.45) is 5.92 Å². The first kappa shape index (κ1) is 15.4. The number of hydrogen-bond acceptors (Lipinski definition) is 2. The summed E-state index contributed by atoms with van der Waals surface area (Å²) in [5, 5.41) is 22.5. The Labute approximate surface area is 132 Å². The lowest BCUT2D eigenvalue weighted by atomic mass is 9.74. The van der Waals surface area contributed by atoms with Crippen molar-refractivity contribution in [2.45, 2.75) is 58.5 Å². The number of benzene rings is 2. The molecule has 2 heteroatoms. The van der Waals surface area contributed by atoms with Crippen molar-refractivity contribution in [3.63, 3.8) is 0 Å². The van der Waals surface area contributed by atoms with Crippen molar-refractivity contribution in [1.82, 2.24) is 0 Å². The summed E-state index contributed by atoms with van der Waals surface area (Å²) in [5.74, 6) is 1.63. The zero-order valence-electron chi connectivity index (χ0n) is 13.9. The van der Waals surface area contributed by atoms with Gasteiger partial charge in [-0.2, -0.15) is 0 Å². The molecule has 2 N–H and O–H groups in total. The minimum absolute atomic E-state index is 0.251. The van der Waals surface area contributed by atoms with E-state index in [2.05, 4.69) is 39.8 Å². The van der Waals surface area contributed by atoms with Gasteiger partial charge >= 0.3 is 0 Å². The minimum atomic E-state index is -0.251. The van der Waals surface area contributed by atoms with Gasteiger partial charge in [-0.15, -0.1) is 0 Å². The van der Waals surface area contributed by atoms with E-state index in [1.807, 2.05) is 12.1 Å². The van der Waals surface area contributed by atoms with E-state index >= 15 is 0 Å². The number of rotatable bonds is 2. The van der Waals surface area contributed by atoms with Gasteiger partial charge in [-0.05, 0) is 70.2 Å². The summed E-state index contributed by atoms with van der Waals surface area (Å²) >= 11 is 0. The largest absolute Gasteiger partial charge is 0.508 e. The average molecular weight is 298 g/mol. The molecule has 22 heavy (non-hydrogen) atoms. The molecule has 0 saturated heterocycles. The van der Waals surface area contributed by atoms with Crippen LogP contribution in [-0.2, 0) is 6.42 Å². The van der Waals surface area contributed by atoms with Crippen molar-refractivity contribution >= 4 is 10.8 Å². The number of aliphatic hydroxyl groups excluding tert-OH is 1. The molecule has 2 aromatic rings. The molecule has 0 aliphatic heterocycles. The Bertz CT molecular complexity index is 700. The molecular weight excluding hydrogens is 272 g/mol. The van der Waals surface area contributed by atoms with E-state index in [4.69, 9.17) is 0 Å². The van der Waals surface area contributed by atoms with Gasteiger partial charge in [0.1, 0.15) is 5.75 Å². The molecule has 0 amide bonds. The summed E-state index contributed by atoms with van der Waals surface area (Å²) in [6.45, 7) is 8.79. The quantitative estimate of drug-likeness (QED) is 0.842. The van der Waals surface area contributed by atoms with Crippen LogP contribution in [0.4, 0.5) is 0 Å². The van der Waals surface area contributed by atoms with Gasteiger partial charge in [0.15, 0.2) is 0 Å². The molecule has 0 heterocycles. The third-order valence-corrected chi connectivity index (χ3v) is 5.04. The molecule has 0 fully saturated rings. The maximum Gasteiger partial charge on any atom is 0.116 e. The van der Waals surface area contributed by atoms with E-state index in [-0.39, 0.29) is 6.10 Å². The lowest BCUT2D eigenvalue weighted by Crippen LogP contribution is -2.25. The highest BCUT2D eigenvalue weighted by atomic mass is 16.3. The third kappa shape index (κ3) is 2.61. The highest BCUT2D eigenvalue weighted by Gasteiger charge is 2.28. The van der Waals surface area contributed by atoms with Gasteiger partial charge in [-0.25, -0.2) is 0 Å². The van der Waals surface area contributed by atoms with Crippen molar-refractivity contribution in [2.75, 3.05) is 0 Å². The Balaban J connectivity index is 2.26. The third-order valence-electron chi connectivity index (χ3n) is 5.04. The molecule has 1 aliphatic carbocycles. The Kier molecular flexibility index (Phi) is 3.90. The minimum Gasteiger partial charge on any atom is -0.508 e. The molecule has 0 aromatic heterocycles. The monoisotopic (exact) mass is 298 g/mol. The Morgan fingerprint density at radius 2 is 1.77 bits per heavy atom. The van der Waals surface area contributed by atoms with Gasteiger partial charge in [0, 0.05) is 0 Å². The smallest absolute Gasteiger partial charge is 0.116 e. The summed E-state index contributed by atoms with van der Waals surface area (Å²) in [4.78, 5) is 0. The molecule has 118 valence electrons. The first-order valence-corrected chi connectivity index (χ1v) is 8.34. The normalized spacial score (nSPS) is 21.6. The van der Waals surface area contributed by atoms with Crippen molar-refractivity contribution in [3.05, 3.63) is 41.0 Å². The van der Waals surface area contributed by atoms with E-state index in [9.17, 15) is 10.2 Å². The number of aromatic hydroxyl groups is 1. The maximum atomic E-state index is 10.2. The molecule has 0 bridgehead atoms. The standard InChI is InChI=1S/C20H26O2/c1-11(2)17-8-15(21)6-13-5-14-7-16(22)9-18(12(3)4)20(14)10-19(13)17/h5-6,8,10-12,16,18,21-22H,7,9H2,1-4H3. The van der Waals surface area contributed by atoms with Gasteiger partial charge < -0.3 is 10.2 Å². The summed E-state index contributed by atoms with van der Waals surface area (Å²) in [6.07, 6.45) is 1.33. The lowest BCUT2D eigenvalue weighted by Gasteiger charge is -2.32. The van der Waals surface area contributed by atoms with Gasteiger partial charge in [0.2, 0.25) is 0 Å². The zero-order valence-corrected chi connectivity index (χ0v) is 13.9. The second kappa shape index (κ2) is 5.58. The fourth-order valence-electron chi connectivity index (χ4n) is 3.88. The van der Waals surface area contributed by atoms with E-state index in [1.54, 1.807) is 0 Å². The van der Waals surface area contributed by atoms with Gasteiger partial charge in [0.05, 0.1) is 6.10 Å². The van der Waals surface area contributed by atoms with E-state index < -0.39 is 0 Å². The van der Waals surface area contributed by atoms with Crippen molar-refractivity contribution in [1.29, 1.82) is 0 Å². The zero-order chi connectivity index (χ0) is 16.0. The van der Waals surface area contributed by atoms with Crippen LogP contribution in [0.15, 0.2) is 24.3 Å². The average Bonchev–Trinajstić information content (AvgIpc) is 2.43. The van der Waals surface area contributed by atoms with E-state index in [0.717, 1.165) is 18.2 Å². The summed E-state index contributed by atoms with van der Waals surface area (Å²) in [5.41, 5.74) is 3.83. The second-order valence-corrected chi connectivity index (χ2v) is 7.41. The van der Waals surface area contributed by atoms with Crippen LogP contribution in [0.3, 0.4) is 0 Å². The summed E-state index contributed by atoms with van der Waals surface area (Å²) in [7, 11) is 0. The molecule has 1 aliphatic rings. The molecule has 2 unspecified atom stereocenters. The fraction of sp³-hybridized carbons (Fsp3) is 0.500. The highest BCUT2D eigenvalue weighted by Crippen LogP contribution is 2.41. The maximum absolute atomic E-state index is 10.2. The van der Waals surface area contributed by atoms with Crippen LogP contribution in [0.1, 0.15) is 62.6 Å². The number of hydrogen-bond donors (Lipinski definition) is 2. The predicted octanol–water partition coefficient (Wildman–Crippen LogP) is 4.72. The lowest BCUT2D eigenvalue weighted by molar-refractivity contribution is 0.137. The van der Waals surface area contributed by atoms with Crippen LogP contribution in [0, 0.1) is 5.92 Å². The first-order valence-electron chi connectivity index (χ1n) is 8.34. The molecule has 0 saturated carbocycles. The molecule has 0 radical (unpaired) electrons. The van der Waals surface area contributed by atoms with E-state index in [1.165, 1.54) is 22.1 Å². The summed E-state index contributed by atoms with van der Waals surface area (Å²) in [6, 6.07) is 8.22. The Hall–Kier alpha value is -1.54. The van der Waals surface area contributed by atoms with Crippen LogP contribution in [0.25, 0.3) is 10.8 Å². The predicted molar refractivity (Wildman–Crippen MR) is 91.6 cm³/mol. The molecular formula is C20H26O2. The molecule has 0 spiro atoms. The van der Waals surface area contributed by atoms with Crippen LogP contribution in [0.5, 0.6) is 5.75 Å². The van der Waals surface area contributed by atoms with Crippen LogP contribution < -0.4 is 0 Å². The number of phenolic OH excluding ortho intramolecular Hbond substituents is 1. The molecule has 2 nitrogen and oxygen atoms in total. The summed E-state index contributed by atoms with van der Waals surface area (Å²) < 4.78 is 0. The van der Waals surface area contributed by atoms with Crippen molar-refractivity contribution < 1.29 is 10.2 Å². The SMILES string of the molecule is CC(C)c1cc(O)cc2cc3c(cc12)C(C(C)C)CC(O)C3. The fourth-order valence-corrected chi connectivity index (χ4v) is 3.88. The van der Waals surface area contributed by atoms with E-state index in [0.29, 0.717) is 23.5 Å². The number of phenols is 1. The molecule has 3 rings (SSSR count). The molecule has 2 aromatic carbocycles. The van der Waals surface area contributed by atoms with Gasteiger partial charge in [-0.1, -0.05) is 39.8 Å². The van der Waals surface area contributed by atoms with Crippen LogP contribution in [0.2, 0.25) is 0 Å². The highest BCUT2D eigenvalue weighted by molar-refractivity contribution is 5.89. The van der Waals surface area contributed by atoms with Crippen molar-refractivity contribution in [3.8, 4) is 5.75 Å². The number of aliphatic hydroxyl groups is 1. The second-order valence-electron chi connectivity index (χ2n) is 7.41. The topological polar surface area (TPSA) is 40.5 Å². The number of fused-ring (bicyclic) bond motifs is 2.